The minimum absolute atomic E-state index is 0.184. The van der Waals surface area contributed by atoms with Crippen molar-refractivity contribution in [2.24, 2.45) is 5.41 Å². The number of hydroxylamine groups is 2. The van der Waals surface area contributed by atoms with Gasteiger partial charge in [-0.15, -0.1) is 0 Å². The number of rotatable bonds is 3. The second-order valence-corrected chi connectivity index (χ2v) is 7.58. The fraction of sp³-hybridized carbons (Fsp3) is 0.429. The van der Waals surface area contributed by atoms with Crippen LogP contribution < -0.4 is 0 Å². The highest BCUT2D eigenvalue weighted by atomic mass is 16.7. The lowest BCUT2D eigenvalue weighted by Gasteiger charge is -2.37. The van der Waals surface area contributed by atoms with E-state index < -0.39 is 0 Å². The highest BCUT2D eigenvalue weighted by molar-refractivity contribution is 5.37. The minimum Gasteiger partial charge on any atom is -0.282 e. The van der Waals surface area contributed by atoms with Crippen LogP contribution in [0.4, 0.5) is 0 Å². The first-order valence-corrected chi connectivity index (χ1v) is 8.50. The van der Waals surface area contributed by atoms with E-state index in [1.165, 1.54) is 11.1 Å². The Morgan fingerprint density at radius 1 is 0.913 bits per heavy atom. The molecule has 0 spiro atoms. The minimum atomic E-state index is -0.373. The summed E-state index contributed by atoms with van der Waals surface area (Å²) in [4.78, 5) is 6.64. The summed E-state index contributed by atoms with van der Waals surface area (Å²) < 4.78 is 0. The van der Waals surface area contributed by atoms with Crippen LogP contribution in [0, 0.1) is 5.41 Å². The van der Waals surface area contributed by atoms with E-state index in [1.807, 2.05) is 0 Å². The number of benzene rings is 2. The molecule has 0 radical (unpaired) electrons. The SMILES string of the molecule is CC(N1CCC(c2ccccc2)(c2ccccc2)O1)C(C)(C)C. The van der Waals surface area contributed by atoms with Crippen LogP contribution in [-0.4, -0.2) is 17.6 Å². The van der Waals surface area contributed by atoms with Crippen molar-refractivity contribution in [3.63, 3.8) is 0 Å². The smallest absolute Gasteiger partial charge is 0.141 e. The molecule has 0 amide bonds. The standard InChI is InChI=1S/C21H27NO/c1-17(20(2,3)4)22-16-15-21(23-22,18-11-7-5-8-12-18)19-13-9-6-10-14-19/h5-14,17H,15-16H2,1-4H3. The largest absolute Gasteiger partial charge is 0.282 e. The molecule has 1 unspecified atom stereocenters. The van der Waals surface area contributed by atoms with Crippen molar-refractivity contribution in [3.05, 3.63) is 71.8 Å². The van der Waals surface area contributed by atoms with E-state index in [1.54, 1.807) is 0 Å². The van der Waals surface area contributed by atoms with Crippen LogP contribution in [0.25, 0.3) is 0 Å². The lowest BCUT2D eigenvalue weighted by Crippen LogP contribution is -2.41. The van der Waals surface area contributed by atoms with E-state index >= 15 is 0 Å². The summed E-state index contributed by atoms with van der Waals surface area (Å²) in [6, 6.07) is 21.6. The lowest BCUT2D eigenvalue weighted by atomic mass is 9.84. The quantitative estimate of drug-likeness (QED) is 0.791. The number of hydrogen-bond donors (Lipinski definition) is 0. The molecule has 2 aromatic rings. The fourth-order valence-electron chi connectivity index (χ4n) is 3.24. The molecule has 0 aromatic heterocycles. The molecule has 1 saturated heterocycles. The van der Waals surface area contributed by atoms with Crippen LogP contribution in [-0.2, 0) is 10.4 Å². The Labute approximate surface area is 140 Å². The summed E-state index contributed by atoms with van der Waals surface area (Å²) in [7, 11) is 0. The molecule has 2 heteroatoms. The zero-order valence-electron chi connectivity index (χ0n) is 14.6. The van der Waals surface area contributed by atoms with Crippen LogP contribution in [0.5, 0.6) is 0 Å². The van der Waals surface area contributed by atoms with Crippen molar-refractivity contribution >= 4 is 0 Å². The van der Waals surface area contributed by atoms with Gasteiger partial charge in [-0.25, -0.2) is 0 Å². The van der Waals surface area contributed by atoms with E-state index in [-0.39, 0.29) is 11.0 Å². The van der Waals surface area contributed by atoms with Crippen LogP contribution in [0.3, 0.4) is 0 Å². The highest BCUT2D eigenvalue weighted by Crippen LogP contribution is 2.44. The summed E-state index contributed by atoms with van der Waals surface area (Å²) in [6.07, 6.45) is 0.974. The highest BCUT2D eigenvalue weighted by Gasteiger charge is 2.45. The van der Waals surface area contributed by atoms with Gasteiger partial charge in [0.15, 0.2) is 0 Å². The molecule has 1 atom stereocenters. The maximum absolute atomic E-state index is 6.64. The second-order valence-electron chi connectivity index (χ2n) is 7.58. The van der Waals surface area contributed by atoms with E-state index in [9.17, 15) is 0 Å². The molecule has 0 bridgehead atoms. The topological polar surface area (TPSA) is 12.5 Å². The van der Waals surface area contributed by atoms with Crippen molar-refractivity contribution in [2.45, 2.75) is 45.8 Å². The zero-order valence-corrected chi connectivity index (χ0v) is 14.6. The molecule has 2 nitrogen and oxygen atoms in total. The third-order valence-corrected chi connectivity index (χ3v) is 5.12. The Kier molecular flexibility index (Phi) is 4.31. The lowest BCUT2D eigenvalue weighted by molar-refractivity contribution is -0.217. The third kappa shape index (κ3) is 3.06. The van der Waals surface area contributed by atoms with Gasteiger partial charge in [-0.1, -0.05) is 81.4 Å². The van der Waals surface area contributed by atoms with Gasteiger partial charge in [-0.05, 0) is 23.5 Å². The molecule has 0 N–H and O–H groups in total. The van der Waals surface area contributed by atoms with Crippen molar-refractivity contribution in [3.8, 4) is 0 Å². The van der Waals surface area contributed by atoms with Crippen LogP contribution in [0.1, 0.15) is 45.2 Å². The molecule has 2 aromatic carbocycles. The molecular formula is C21H27NO. The Morgan fingerprint density at radius 2 is 1.39 bits per heavy atom. The summed E-state index contributed by atoms with van der Waals surface area (Å²) >= 11 is 0. The van der Waals surface area contributed by atoms with Gasteiger partial charge in [0.25, 0.3) is 0 Å². The van der Waals surface area contributed by atoms with Gasteiger partial charge in [-0.2, -0.15) is 5.06 Å². The zero-order chi connectivity index (χ0) is 16.5. The fourth-order valence-corrected chi connectivity index (χ4v) is 3.24. The molecule has 1 aliphatic heterocycles. The monoisotopic (exact) mass is 309 g/mol. The second kappa shape index (κ2) is 6.10. The van der Waals surface area contributed by atoms with E-state index in [4.69, 9.17) is 4.84 Å². The first-order chi connectivity index (χ1) is 10.9. The van der Waals surface area contributed by atoms with Gasteiger partial charge in [0.1, 0.15) is 5.60 Å². The van der Waals surface area contributed by atoms with Crippen molar-refractivity contribution in [1.82, 2.24) is 5.06 Å². The Hall–Kier alpha value is -1.64. The molecule has 1 heterocycles. The maximum atomic E-state index is 6.64. The summed E-state index contributed by atoms with van der Waals surface area (Å²) in [6.45, 7) is 10.0. The van der Waals surface area contributed by atoms with E-state index in [0.717, 1.165) is 13.0 Å². The van der Waals surface area contributed by atoms with Gasteiger partial charge in [0.2, 0.25) is 0 Å². The Morgan fingerprint density at radius 3 is 1.83 bits per heavy atom. The summed E-state index contributed by atoms with van der Waals surface area (Å²) in [5.74, 6) is 0. The Balaban J connectivity index is 2.00. The van der Waals surface area contributed by atoms with Crippen molar-refractivity contribution in [1.29, 1.82) is 0 Å². The van der Waals surface area contributed by atoms with Crippen LogP contribution in [0.15, 0.2) is 60.7 Å². The maximum Gasteiger partial charge on any atom is 0.141 e. The Bertz CT molecular complexity index is 590. The average Bonchev–Trinajstić information content (AvgIpc) is 3.01. The molecule has 3 rings (SSSR count). The van der Waals surface area contributed by atoms with Gasteiger partial charge >= 0.3 is 0 Å². The molecule has 1 aliphatic rings. The van der Waals surface area contributed by atoms with Crippen molar-refractivity contribution < 1.29 is 4.84 Å². The normalized spacial score (nSPS) is 19.7. The summed E-state index contributed by atoms with van der Waals surface area (Å²) in [5, 5.41) is 2.18. The van der Waals surface area contributed by atoms with E-state index in [0.29, 0.717) is 6.04 Å². The van der Waals surface area contributed by atoms with Gasteiger partial charge < -0.3 is 0 Å². The predicted octanol–water partition coefficient (Wildman–Crippen LogP) is 5.00. The molecule has 0 saturated carbocycles. The first-order valence-electron chi connectivity index (χ1n) is 8.50. The molecule has 0 aliphatic carbocycles. The predicted molar refractivity (Wildman–Crippen MR) is 95.0 cm³/mol. The number of hydrogen-bond acceptors (Lipinski definition) is 2. The third-order valence-electron chi connectivity index (χ3n) is 5.12. The van der Waals surface area contributed by atoms with Crippen molar-refractivity contribution in [2.75, 3.05) is 6.54 Å². The number of nitrogens with zero attached hydrogens (tertiary/aromatic N) is 1. The average molecular weight is 309 g/mol. The molecule has 23 heavy (non-hydrogen) atoms. The molecule has 122 valence electrons. The van der Waals surface area contributed by atoms with Gasteiger partial charge in [-0.3, -0.25) is 4.84 Å². The van der Waals surface area contributed by atoms with Gasteiger partial charge in [0, 0.05) is 19.0 Å². The van der Waals surface area contributed by atoms with Crippen LogP contribution >= 0.6 is 0 Å². The first kappa shape index (κ1) is 16.2. The van der Waals surface area contributed by atoms with E-state index in [2.05, 4.69) is 93.4 Å². The molecule has 1 fully saturated rings. The van der Waals surface area contributed by atoms with Gasteiger partial charge in [0.05, 0.1) is 0 Å². The van der Waals surface area contributed by atoms with Crippen LogP contribution in [0.2, 0.25) is 0 Å². The summed E-state index contributed by atoms with van der Waals surface area (Å²) in [5.41, 5.74) is 2.27. The molecular weight excluding hydrogens is 282 g/mol.